The number of anilines is 1. The van der Waals surface area contributed by atoms with Crippen molar-refractivity contribution in [3.63, 3.8) is 0 Å². The van der Waals surface area contributed by atoms with E-state index in [1.807, 2.05) is 0 Å². The maximum atomic E-state index is 13.3. The first-order valence-electron chi connectivity index (χ1n) is 14.3. The number of likely N-dealkylation sites (tertiary alicyclic amines) is 1. The summed E-state index contributed by atoms with van der Waals surface area (Å²) in [6.07, 6.45) is 2.41. The van der Waals surface area contributed by atoms with Crippen LogP contribution < -0.4 is 19.7 Å². The molecule has 1 saturated carbocycles. The van der Waals surface area contributed by atoms with Gasteiger partial charge in [-0.25, -0.2) is 4.98 Å². The van der Waals surface area contributed by atoms with E-state index in [9.17, 15) is 23.2 Å². The summed E-state index contributed by atoms with van der Waals surface area (Å²) in [5, 5.41) is 3.41. The molecule has 0 radical (unpaired) electrons. The Labute approximate surface area is 259 Å². The van der Waals surface area contributed by atoms with Gasteiger partial charge >= 0.3 is 6.61 Å². The van der Waals surface area contributed by atoms with Crippen molar-refractivity contribution in [1.82, 2.24) is 15.2 Å². The number of carbonyl (C=O) groups is 3. The van der Waals surface area contributed by atoms with E-state index in [0.29, 0.717) is 35.3 Å². The molecule has 1 aromatic heterocycles. The molecule has 12 heteroatoms. The minimum atomic E-state index is -2.99. The molecule has 1 N–H and O–H groups in total. The second-order valence-corrected chi connectivity index (χ2v) is 11.5. The number of amides is 3. The number of nitrogens with zero attached hydrogens (tertiary/aromatic N) is 3. The number of rotatable bonds is 11. The fourth-order valence-corrected chi connectivity index (χ4v) is 5.32. The third-order valence-electron chi connectivity index (χ3n) is 7.82. The van der Waals surface area contributed by atoms with E-state index in [-0.39, 0.29) is 53.9 Å². The maximum absolute atomic E-state index is 13.3. The Bertz CT molecular complexity index is 1520. The van der Waals surface area contributed by atoms with Crippen LogP contribution >= 0.6 is 11.6 Å². The van der Waals surface area contributed by atoms with Crippen LogP contribution in [0, 0.1) is 5.92 Å². The normalized spacial score (nSPS) is 17.8. The fourth-order valence-electron chi connectivity index (χ4n) is 5.20. The molecule has 5 rings (SSSR count). The Hall–Kier alpha value is -4.25. The molecule has 1 aliphatic carbocycles. The van der Waals surface area contributed by atoms with Gasteiger partial charge in [-0.15, -0.1) is 0 Å². The van der Waals surface area contributed by atoms with Crippen LogP contribution in [0.15, 0.2) is 60.7 Å². The van der Waals surface area contributed by atoms with Gasteiger partial charge in [0.2, 0.25) is 11.8 Å². The molecule has 2 fully saturated rings. The number of aromatic nitrogens is 1. The number of halogens is 3. The largest absolute Gasteiger partial charge is 0.489 e. The highest BCUT2D eigenvalue weighted by molar-refractivity contribution is 6.30. The summed E-state index contributed by atoms with van der Waals surface area (Å²) >= 11 is 5.95. The van der Waals surface area contributed by atoms with Crippen LogP contribution in [0.5, 0.6) is 11.5 Å². The Morgan fingerprint density at radius 1 is 1.09 bits per heavy atom. The topological polar surface area (TPSA) is 101 Å². The van der Waals surface area contributed by atoms with Crippen molar-refractivity contribution in [3.8, 4) is 11.5 Å². The lowest BCUT2D eigenvalue weighted by Gasteiger charge is -2.22. The van der Waals surface area contributed by atoms with Gasteiger partial charge in [-0.2, -0.15) is 8.78 Å². The zero-order valence-electron chi connectivity index (χ0n) is 24.3. The van der Waals surface area contributed by atoms with Crippen molar-refractivity contribution in [2.75, 3.05) is 25.1 Å². The molecule has 0 bridgehead atoms. The average Bonchev–Trinajstić information content (AvgIpc) is 3.73. The van der Waals surface area contributed by atoms with E-state index in [4.69, 9.17) is 16.3 Å². The first-order valence-corrected chi connectivity index (χ1v) is 14.7. The van der Waals surface area contributed by atoms with E-state index in [1.165, 1.54) is 22.8 Å². The lowest BCUT2D eigenvalue weighted by atomic mass is 9.95. The Balaban J connectivity index is 1.25. The summed E-state index contributed by atoms with van der Waals surface area (Å²) in [4.78, 5) is 46.3. The van der Waals surface area contributed by atoms with Crippen molar-refractivity contribution in [3.05, 3.63) is 82.6 Å². The van der Waals surface area contributed by atoms with Gasteiger partial charge in [0.25, 0.3) is 5.91 Å². The van der Waals surface area contributed by atoms with Gasteiger partial charge in [-0.05, 0) is 79.3 Å². The van der Waals surface area contributed by atoms with Crippen molar-refractivity contribution >= 4 is 35.0 Å². The standard InChI is InChI=1S/C32H33ClF2N4O5/c1-19(40)39-17-22(21-8-13-28(44-32(34)35)29(15-21)43-18-20-6-7-20)14-27(39)30(41)36-16-24-4-3-5-26(37-24)31(42)38(2)25-11-9-23(33)10-12-25/h3-5,8-13,15,20,22,27,32H,6-7,14,16-18H2,1-2H3,(H,36,41)/t22?,27-/m1/s1. The molecule has 0 spiro atoms. The summed E-state index contributed by atoms with van der Waals surface area (Å²) in [6, 6.07) is 15.9. The quantitative estimate of drug-likeness (QED) is 0.305. The van der Waals surface area contributed by atoms with Gasteiger partial charge in [0, 0.05) is 37.1 Å². The lowest BCUT2D eigenvalue weighted by molar-refractivity contribution is -0.136. The van der Waals surface area contributed by atoms with Crippen molar-refractivity contribution < 1.29 is 32.6 Å². The number of hydrogen-bond donors (Lipinski definition) is 1. The van der Waals surface area contributed by atoms with Crippen LogP contribution in [0.1, 0.15) is 53.8 Å². The molecule has 2 atom stereocenters. The Morgan fingerprint density at radius 2 is 1.84 bits per heavy atom. The predicted octanol–water partition coefficient (Wildman–Crippen LogP) is 5.42. The molecule has 2 heterocycles. The van der Waals surface area contributed by atoms with E-state index < -0.39 is 12.7 Å². The molecule has 232 valence electrons. The van der Waals surface area contributed by atoms with E-state index in [1.54, 1.807) is 61.6 Å². The molecular formula is C32H33ClF2N4O5. The van der Waals surface area contributed by atoms with Crippen LogP contribution in [-0.2, 0) is 16.1 Å². The average molecular weight is 627 g/mol. The predicted molar refractivity (Wildman–Crippen MR) is 160 cm³/mol. The van der Waals surface area contributed by atoms with Crippen molar-refractivity contribution in [2.24, 2.45) is 5.92 Å². The fraction of sp³-hybridized carbons (Fsp3) is 0.375. The molecule has 44 heavy (non-hydrogen) atoms. The summed E-state index contributed by atoms with van der Waals surface area (Å²) in [6.45, 7) is -0.841. The summed E-state index contributed by atoms with van der Waals surface area (Å²) < 4.78 is 36.4. The molecule has 9 nitrogen and oxygen atoms in total. The third-order valence-corrected chi connectivity index (χ3v) is 8.08. The Morgan fingerprint density at radius 3 is 2.52 bits per heavy atom. The monoisotopic (exact) mass is 626 g/mol. The highest BCUT2D eigenvalue weighted by atomic mass is 35.5. The maximum Gasteiger partial charge on any atom is 0.387 e. The highest BCUT2D eigenvalue weighted by Gasteiger charge is 2.39. The molecular weight excluding hydrogens is 594 g/mol. The Kier molecular flexibility index (Phi) is 9.63. The molecule has 2 aliphatic rings. The zero-order chi connectivity index (χ0) is 31.4. The van der Waals surface area contributed by atoms with E-state index in [0.717, 1.165) is 18.4 Å². The minimum absolute atomic E-state index is 0.0484. The SMILES string of the molecule is CC(=O)N1CC(c2ccc(OC(F)F)c(OCC3CC3)c2)C[C@@H]1C(=O)NCc1cccc(C(=O)N(C)c2ccc(Cl)cc2)n1. The summed E-state index contributed by atoms with van der Waals surface area (Å²) in [5.41, 5.74) is 2.10. The van der Waals surface area contributed by atoms with E-state index in [2.05, 4.69) is 15.0 Å². The van der Waals surface area contributed by atoms with Gasteiger partial charge in [0.15, 0.2) is 11.5 Å². The number of nitrogens with one attached hydrogen (secondary N) is 1. The first-order chi connectivity index (χ1) is 21.1. The van der Waals surface area contributed by atoms with Gasteiger partial charge in [0.05, 0.1) is 18.8 Å². The van der Waals surface area contributed by atoms with Crippen LogP contribution in [0.2, 0.25) is 5.02 Å². The van der Waals surface area contributed by atoms with Gasteiger partial charge in [-0.1, -0.05) is 23.7 Å². The second kappa shape index (κ2) is 13.6. The number of hydrogen-bond acceptors (Lipinski definition) is 6. The molecule has 3 aromatic rings. The van der Waals surface area contributed by atoms with Gasteiger partial charge < -0.3 is 24.6 Å². The number of alkyl halides is 2. The smallest absolute Gasteiger partial charge is 0.387 e. The van der Waals surface area contributed by atoms with Crippen molar-refractivity contribution in [1.29, 1.82) is 0 Å². The van der Waals surface area contributed by atoms with E-state index >= 15 is 0 Å². The number of ether oxygens (including phenoxy) is 2. The molecule has 1 saturated heterocycles. The minimum Gasteiger partial charge on any atom is -0.489 e. The lowest BCUT2D eigenvalue weighted by Crippen LogP contribution is -2.45. The second-order valence-electron chi connectivity index (χ2n) is 11.0. The van der Waals surface area contributed by atoms with Gasteiger partial charge in [0.1, 0.15) is 11.7 Å². The van der Waals surface area contributed by atoms with Crippen LogP contribution in [0.25, 0.3) is 0 Å². The van der Waals surface area contributed by atoms with Crippen LogP contribution in [-0.4, -0.2) is 60.5 Å². The number of benzene rings is 2. The van der Waals surface area contributed by atoms with Gasteiger partial charge in [-0.3, -0.25) is 14.4 Å². The highest BCUT2D eigenvalue weighted by Crippen LogP contribution is 2.39. The third kappa shape index (κ3) is 7.63. The molecule has 1 aliphatic heterocycles. The van der Waals surface area contributed by atoms with Crippen LogP contribution in [0.4, 0.5) is 14.5 Å². The molecule has 2 aromatic carbocycles. The molecule has 3 amide bonds. The summed E-state index contributed by atoms with van der Waals surface area (Å²) in [5.74, 6) is -0.586. The zero-order valence-corrected chi connectivity index (χ0v) is 25.1. The summed E-state index contributed by atoms with van der Waals surface area (Å²) in [7, 11) is 1.64. The molecule has 1 unspecified atom stereocenters. The number of carbonyl (C=O) groups excluding carboxylic acids is 3. The van der Waals surface area contributed by atoms with Crippen molar-refractivity contribution in [2.45, 2.75) is 51.3 Å². The number of pyridine rings is 1. The first kappa shape index (κ1) is 31.2. The van der Waals surface area contributed by atoms with Crippen LogP contribution in [0.3, 0.4) is 0 Å².